The maximum atomic E-state index is 9.25. The molecule has 96 valence electrons. The van der Waals surface area contributed by atoms with Crippen molar-refractivity contribution in [2.75, 3.05) is 0 Å². The van der Waals surface area contributed by atoms with Gasteiger partial charge in [0.25, 0.3) is 0 Å². The highest BCUT2D eigenvalue weighted by Crippen LogP contribution is 2.62. The summed E-state index contributed by atoms with van der Waals surface area (Å²) in [5, 5.41) is 7.60. The standard InChI is InChI=1S/C12H20.C3H4O2/c1-8-11-4-9-3-10(5-11)7-12(8,2)6-9;1-2-3(4)5/h8-11H,3-7H2,1-2H3;2H,1H2,(H,4,5). The third-order valence-electron chi connectivity index (χ3n) is 5.43. The van der Waals surface area contributed by atoms with Gasteiger partial charge in [-0.2, -0.15) is 0 Å². The van der Waals surface area contributed by atoms with Crippen molar-refractivity contribution in [3.05, 3.63) is 12.7 Å². The Morgan fingerprint density at radius 3 is 2.12 bits per heavy atom. The average molecular weight is 236 g/mol. The van der Waals surface area contributed by atoms with Gasteiger partial charge in [-0.25, -0.2) is 4.79 Å². The number of hydrogen-bond donors (Lipinski definition) is 1. The van der Waals surface area contributed by atoms with Crippen LogP contribution in [0.25, 0.3) is 0 Å². The zero-order chi connectivity index (χ0) is 12.6. The molecule has 0 heterocycles. The molecule has 0 radical (unpaired) electrons. The van der Waals surface area contributed by atoms with E-state index < -0.39 is 5.97 Å². The fraction of sp³-hybridized carbons (Fsp3) is 0.800. The SMILES string of the molecule is C=CC(=O)O.CC1C2CC3CC(C2)CC1(C)C3. The predicted octanol–water partition coefficient (Wildman–Crippen LogP) is 3.73. The minimum atomic E-state index is -0.981. The minimum absolute atomic E-state index is 0.759. The van der Waals surface area contributed by atoms with Gasteiger partial charge >= 0.3 is 5.97 Å². The van der Waals surface area contributed by atoms with Crippen LogP contribution in [0.5, 0.6) is 0 Å². The van der Waals surface area contributed by atoms with Gasteiger partial charge in [-0.1, -0.05) is 20.4 Å². The summed E-state index contributed by atoms with van der Waals surface area (Å²) in [4.78, 5) is 9.25. The highest BCUT2D eigenvalue weighted by atomic mass is 16.4. The topological polar surface area (TPSA) is 37.3 Å². The van der Waals surface area contributed by atoms with Crippen molar-refractivity contribution in [1.29, 1.82) is 0 Å². The molecule has 3 unspecified atom stereocenters. The van der Waals surface area contributed by atoms with E-state index in [-0.39, 0.29) is 0 Å². The second-order valence-corrected chi connectivity index (χ2v) is 6.59. The molecule has 4 bridgehead atoms. The van der Waals surface area contributed by atoms with Gasteiger partial charge in [-0.3, -0.25) is 0 Å². The number of carbonyl (C=O) groups is 1. The normalized spacial score (nSPS) is 46.0. The zero-order valence-corrected chi connectivity index (χ0v) is 11.0. The van der Waals surface area contributed by atoms with Gasteiger partial charge in [0, 0.05) is 6.08 Å². The van der Waals surface area contributed by atoms with Crippen molar-refractivity contribution in [3.8, 4) is 0 Å². The third-order valence-corrected chi connectivity index (χ3v) is 5.43. The Labute approximate surface area is 104 Å². The number of hydrogen-bond acceptors (Lipinski definition) is 1. The first kappa shape index (κ1) is 12.7. The molecule has 0 aliphatic heterocycles. The highest BCUT2D eigenvalue weighted by molar-refractivity contribution is 5.78. The summed E-state index contributed by atoms with van der Waals surface area (Å²) in [6.07, 6.45) is 8.68. The number of carboxylic acid groups (broad SMARTS) is 1. The van der Waals surface area contributed by atoms with Gasteiger partial charge in [0.15, 0.2) is 0 Å². The molecule has 0 aromatic carbocycles. The molecule has 0 aromatic heterocycles. The van der Waals surface area contributed by atoms with E-state index in [9.17, 15) is 4.79 Å². The number of aliphatic carboxylic acids is 1. The lowest BCUT2D eigenvalue weighted by Gasteiger charge is -2.59. The largest absolute Gasteiger partial charge is 0.478 e. The Bertz CT molecular complexity index is 307. The lowest BCUT2D eigenvalue weighted by Crippen LogP contribution is -2.50. The second-order valence-electron chi connectivity index (χ2n) is 6.59. The van der Waals surface area contributed by atoms with Gasteiger partial charge in [0.1, 0.15) is 0 Å². The molecule has 17 heavy (non-hydrogen) atoms. The molecule has 0 saturated heterocycles. The first-order valence-electron chi connectivity index (χ1n) is 6.80. The quantitative estimate of drug-likeness (QED) is 0.704. The molecule has 2 nitrogen and oxygen atoms in total. The van der Waals surface area contributed by atoms with Crippen molar-refractivity contribution in [2.24, 2.45) is 29.1 Å². The average Bonchev–Trinajstić information content (AvgIpc) is 2.25. The lowest BCUT2D eigenvalue weighted by atomic mass is 9.46. The Morgan fingerprint density at radius 1 is 1.29 bits per heavy atom. The van der Waals surface area contributed by atoms with E-state index in [2.05, 4.69) is 20.4 Å². The van der Waals surface area contributed by atoms with Gasteiger partial charge in [0.05, 0.1) is 0 Å². The van der Waals surface area contributed by atoms with Crippen LogP contribution in [0.1, 0.15) is 46.0 Å². The summed E-state index contributed by atoms with van der Waals surface area (Å²) in [5.74, 6) is 3.42. The summed E-state index contributed by atoms with van der Waals surface area (Å²) >= 11 is 0. The Balaban J connectivity index is 0.000000188. The molecule has 0 amide bonds. The lowest BCUT2D eigenvalue weighted by molar-refractivity contribution is -0.131. The van der Waals surface area contributed by atoms with Gasteiger partial charge in [-0.05, 0) is 61.2 Å². The van der Waals surface area contributed by atoms with E-state index >= 15 is 0 Å². The molecule has 0 aromatic rings. The summed E-state index contributed by atoms with van der Waals surface area (Å²) in [7, 11) is 0. The van der Waals surface area contributed by atoms with E-state index in [1.165, 1.54) is 0 Å². The van der Waals surface area contributed by atoms with Crippen molar-refractivity contribution in [2.45, 2.75) is 46.0 Å². The second kappa shape index (κ2) is 4.47. The van der Waals surface area contributed by atoms with Crippen LogP contribution in [0, 0.1) is 29.1 Å². The Kier molecular flexibility index (Phi) is 3.33. The first-order chi connectivity index (χ1) is 7.94. The Morgan fingerprint density at radius 2 is 1.76 bits per heavy atom. The molecule has 4 aliphatic carbocycles. The number of carboxylic acids is 1. The van der Waals surface area contributed by atoms with E-state index in [1.807, 2.05) is 0 Å². The molecule has 4 aliphatic rings. The fourth-order valence-electron chi connectivity index (χ4n) is 4.70. The van der Waals surface area contributed by atoms with Crippen LogP contribution < -0.4 is 0 Å². The van der Waals surface area contributed by atoms with Gasteiger partial charge in [-0.15, -0.1) is 0 Å². The molecule has 3 atom stereocenters. The summed E-state index contributed by atoms with van der Waals surface area (Å²) in [6.45, 7) is 8.03. The Hall–Kier alpha value is -0.790. The fourth-order valence-corrected chi connectivity index (χ4v) is 4.70. The smallest absolute Gasteiger partial charge is 0.327 e. The van der Waals surface area contributed by atoms with Crippen molar-refractivity contribution in [3.63, 3.8) is 0 Å². The molecule has 4 fully saturated rings. The van der Waals surface area contributed by atoms with E-state index in [1.54, 1.807) is 32.1 Å². The first-order valence-corrected chi connectivity index (χ1v) is 6.80. The van der Waals surface area contributed by atoms with Crippen LogP contribution in [-0.2, 0) is 4.79 Å². The highest BCUT2D eigenvalue weighted by Gasteiger charge is 2.52. The van der Waals surface area contributed by atoms with Crippen molar-refractivity contribution in [1.82, 2.24) is 0 Å². The molecule has 4 saturated carbocycles. The van der Waals surface area contributed by atoms with Crippen LogP contribution in [0.4, 0.5) is 0 Å². The molecule has 4 rings (SSSR count). The molecule has 2 heteroatoms. The van der Waals surface area contributed by atoms with Crippen LogP contribution in [-0.4, -0.2) is 11.1 Å². The van der Waals surface area contributed by atoms with Crippen LogP contribution in [0.15, 0.2) is 12.7 Å². The van der Waals surface area contributed by atoms with Gasteiger partial charge in [0.2, 0.25) is 0 Å². The molecular formula is C15H24O2. The maximum Gasteiger partial charge on any atom is 0.327 e. The molecule has 0 spiro atoms. The summed E-state index contributed by atoms with van der Waals surface area (Å²) in [6, 6.07) is 0. The zero-order valence-electron chi connectivity index (χ0n) is 11.0. The maximum absolute atomic E-state index is 9.25. The summed E-state index contributed by atoms with van der Waals surface area (Å²) < 4.78 is 0. The van der Waals surface area contributed by atoms with E-state index in [0.29, 0.717) is 0 Å². The van der Waals surface area contributed by atoms with Crippen LogP contribution >= 0.6 is 0 Å². The monoisotopic (exact) mass is 236 g/mol. The van der Waals surface area contributed by atoms with E-state index in [0.717, 1.165) is 35.2 Å². The number of rotatable bonds is 1. The van der Waals surface area contributed by atoms with Gasteiger partial charge < -0.3 is 5.11 Å². The summed E-state index contributed by atoms with van der Waals surface area (Å²) in [5.41, 5.74) is 0.759. The van der Waals surface area contributed by atoms with Crippen LogP contribution in [0.3, 0.4) is 0 Å². The predicted molar refractivity (Wildman–Crippen MR) is 68.7 cm³/mol. The third kappa shape index (κ3) is 2.41. The van der Waals surface area contributed by atoms with E-state index in [4.69, 9.17) is 5.11 Å². The molecular weight excluding hydrogens is 212 g/mol. The minimum Gasteiger partial charge on any atom is -0.478 e. The molecule has 1 N–H and O–H groups in total. The van der Waals surface area contributed by atoms with Crippen molar-refractivity contribution >= 4 is 5.97 Å². The van der Waals surface area contributed by atoms with Crippen LogP contribution in [0.2, 0.25) is 0 Å². The van der Waals surface area contributed by atoms with Crippen molar-refractivity contribution < 1.29 is 9.90 Å².